The first-order valence-corrected chi connectivity index (χ1v) is 16.5. The van der Waals surface area contributed by atoms with E-state index < -0.39 is 5.97 Å². The van der Waals surface area contributed by atoms with Gasteiger partial charge in [-0.25, -0.2) is 0 Å². The number of aliphatic carboxylic acids is 1. The van der Waals surface area contributed by atoms with Crippen molar-refractivity contribution in [3.05, 3.63) is 60.8 Å². The number of carboxylic acids is 1. The van der Waals surface area contributed by atoms with E-state index >= 15 is 0 Å². The van der Waals surface area contributed by atoms with Crippen molar-refractivity contribution in [1.82, 2.24) is 0 Å². The Morgan fingerprint density at radius 1 is 0.475 bits per heavy atom. The predicted molar refractivity (Wildman–Crippen MR) is 177 cm³/mol. The third-order valence-corrected chi connectivity index (χ3v) is 6.52. The van der Waals surface area contributed by atoms with Gasteiger partial charge in [0.2, 0.25) is 0 Å². The van der Waals surface area contributed by atoms with Gasteiger partial charge >= 0.3 is 5.97 Å². The summed E-state index contributed by atoms with van der Waals surface area (Å²) in [6.45, 7) is 6.08. The highest BCUT2D eigenvalue weighted by molar-refractivity contribution is 5.75. The maximum Gasteiger partial charge on any atom is 0.303 e. The Morgan fingerprint density at radius 2 is 0.850 bits per heavy atom. The number of carbonyl (C=O) groups is 2. The van der Waals surface area contributed by atoms with Crippen molar-refractivity contribution in [2.45, 2.75) is 162 Å². The zero-order chi connectivity index (χ0) is 29.8. The lowest BCUT2D eigenvalue weighted by Crippen LogP contribution is -1.93. The van der Waals surface area contributed by atoms with Crippen LogP contribution in [0.15, 0.2) is 60.8 Å². The summed E-state index contributed by atoms with van der Waals surface area (Å²) in [5.74, 6) is -0.346. The average molecular weight is 557 g/mol. The molecule has 0 spiro atoms. The number of carboxylic acid groups (broad SMARTS) is 1. The van der Waals surface area contributed by atoms with E-state index in [0.29, 0.717) is 12.2 Å². The van der Waals surface area contributed by atoms with Gasteiger partial charge in [0, 0.05) is 12.8 Å². The van der Waals surface area contributed by atoms with Crippen LogP contribution in [0, 0.1) is 0 Å². The fourth-order valence-electron chi connectivity index (χ4n) is 4.08. The molecule has 0 aliphatic rings. The molecule has 40 heavy (non-hydrogen) atoms. The molecular formula is C37H64O3. The highest BCUT2D eigenvalue weighted by Gasteiger charge is 1.96. The standard InChI is InChI=1S/C19H34O.C18H30O2/c1-3-4-5-6-7-8-9-10-11-12-13-14-15-16-17-18-19(2)20;1-2-3-4-5-6-7-8-9-10-11-12-13-14-15-16-17-18(19)20/h7-8,10-11H,3-6,9,12-18H2,1-2H3;3-4,6-7,9-10H,2,5,8,11-17H2,1H3,(H,19,20)/b8-7-,11-10-;4-3-,7-6-,10-9-. The SMILES string of the molecule is CC/C=C\C/C=C\C/C=C\CCCCCCCC(=O)O.CCCCC/C=C\C/C=C\CCCCCCCC(C)=O. The minimum absolute atomic E-state index is 0.319. The molecule has 230 valence electrons. The van der Waals surface area contributed by atoms with Crippen LogP contribution in [0.2, 0.25) is 0 Å². The number of hydrogen-bond acceptors (Lipinski definition) is 2. The molecule has 0 unspecified atom stereocenters. The minimum atomic E-state index is -0.675. The highest BCUT2D eigenvalue weighted by Crippen LogP contribution is 2.09. The highest BCUT2D eigenvalue weighted by atomic mass is 16.4. The van der Waals surface area contributed by atoms with E-state index in [2.05, 4.69) is 74.6 Å². The first kappa shape index (κ1) is 40.0. The van der Waals surface area contributed by atoms with Crippen LogP contribution in [0.1, 0.15) is 162 Å². The molecule has 1 N–H and O–H groups in total. The summed E-state index contributed by atoms with van der Waals surface area (Å²) in [4.78, 5) is 21.1. The number of ketones is 1. The Bertz CT molecular complexity index is 682. The summed E-state index contributed by atoms with van der Waals surface area (Å²) in [6.07, 6.45) is 47.0. The van der Waals surface area contributed by atoms with Gasteiger partial charge in [-0.15, -0.1) is 0 Å². The maximum atomic E-state index is 10.8. The molecule has 0 aliphatic carbocycles. The fraction of sp³-hybridized carbons (Fsp3) is 0.676. The first-order valence-electron chi connectivity index (χ1n) is 16.5. The molecule has 3 heteroatoms. The zero-order valence-corrected chi connectivity index (χ0v) is 26.6. The summed E-state index contributed by atoms with van der Waals surface area (Å²) in [7, 11) is 0. The molecule has 0 aliphatic heterocycles. The van der Waals surface area contributed by atoms with Crippen molar-refractivity contribution < 1.29 is 14.7 Å². The Morgan fingerprint density at radius 3 is 1.27 bits per heavy atom. The number of unbranched alkanes of at least 4 members (excludes halogenated alkanes) is 13. The molecule has 0 heterocycles. The van der Waals surface area contributed by atoms with Gasteiger partial charge in [0.1, 0.15) is 5.78 Å². The number of rotatable bonds is 27. The van der Waals surface area contributed by atoms with E-state index in [4.69, 9.17) is 5.11 Å². The lowest BCUT2D eigenvalue weighted by atomic mass is 10.1. The van der Waals surface area contributed by atoms with Crippen molar-refractivity contribution in [2.75, 3.05) is 0 Å². The molecule has 0 aromatic heterocycles. The molecule has 0 atom stereocenters. The van der Waals surface area contributed by atoms with Gasteiger partial charge in [-0.2, -0.15) is 0 Å². The number of allylic oxidation sites excluding steroid dienone is 10. The van der Waals surface area contributed by atoms with Gasteiger partial charge in [0.05, 0.1) is 0 Å². The first-order chi connectivity index (χ1) is 19.5. The Kier molecular flexibility index (Phi) is 36.8. The second kappa shape index (κ2) is 36.8. The summed E-state index contributed by atoms with van der Waals surface area (Å²) in [5, 5.41) is 8.50. The Hall–Kier alpha value is -2.16. The third-order valence-electron chi connectivity index (χ3n) is 6.52. The van der Waals surface area contributed by atoms with E-state index in [9.17, 15) is 9.59 Å². The van der Waals surface area contributed by atoms with Crippen molar-refractivity contribution in [1.29, 1.82) is 0 Å². The zero-order valence-electron chi connectivity index (χ0n) is 26.6. The van der Waals surface area contributed by atoms with Crippen LogP contribution in [0.3, 0.4) is 0 Å². The Balaban J connectivity index is 0. The van der Waals surface area contributed by atoms with Crippen LogP contribution in [-0.2, 0) is 9.59 Å². The minimum Gasteiger partial charge on any atom is -0.481 e. The molecular weight excluding hydrogens is 492 g/mol. The molecule has 3 nitrogen and oxygen atoms in total. The van der Waals surface area contributed by atoms with Gasteiger partial charge in [-0.05, 0) is 84.0 Å². The molecule has 0 saturated carbocycles. The molecule has 0 aromatic rings. The second-order valence-electron chi connectivity index (χ2n) is 10.7. The number of hydrogen-bond donors (Lipinski definition) is 1. The molecule has 0 rings (SSSR count). The summed E-state index contributed by atoms with van der Waals surface area (Å²) >= 11 is 0. The second-order valence-corrected chi connectivity index (χ2v) is 10.7. The van der Waals surface area contributed by atoms with Gasteiger partial charge < -0.3 is 9.90 Å². The van der Waals surface area contributed by atoms with Gasteiger partial charge in [-0.3, -0.25) is 4.79 Å². The van der Waals surface area contributed by atoms with E-state index in [1.54, 1.807) is 6.92 Å². The largest absolute Gasteiger partial charge is 0.481 e. The predicted octanol–water partition coefficient (Wildman–Crippen LogP) is 12.0. The lowest BCUT2D eigenvalue weighted by Gasteiger charge is -1.98. The average Bonchev–Trinajstić information content (AvgIpc) is 2.93. The molecule has 0 amide bonds. The van der Waals surface area contributed by atoms with E-state index in [1.807, 2.05) is 0 Å². The van der Waals surface area contributed by atoms with Crippen molar-refractivity contribution >= 4 is 11.8 Å². The lowest BCUT2D eigenvalue weighted by molar-refractivity contribution is -0.137. The van der Waals surface area contributed by atoms with Crippen molar-refractivity contribution in [2.24, 2.45) is 0 Å². The van der Waals surface area contributed by atoms with Crippen molar-refractivity contribution in [3.63, 3.8) is 0 Å². The fourth-order valence-corrected chi connectivity index (χ4v) is 4.08. The smallest absolute Gasteiger partial charge is 0.303 e. The summed E-state index contributed by atoms with van der Waals surface area (Å²) in [6, 6.07) is 0. The van der Waals surface area contributed by atoms with E-state index in [0.717, 1.165) is 64.2 Å². The summed E-state index contributed by atoms with van der Waals surface area (Å²) < 4.78 is 0. The van der Waals surface area contributed by atoms with E-state index in [1.165, 1.54) is 70.6 Å². The molecule has 0 fully saturated rings. The Labute approximate surface area is 249 Å². The molecule has 0 bridgehead atoms. The number of Topliss-reactive ketones (excluding diaryl/α,β-unsaturated/α-hetero) is 1. The number of carbonyl (C=O) groups excluding carboxylic acids is 1. The van der Waals surface area contributed by atoms with Crippen LogP contribution >= 0.6 is 0 Å². The topological polar surface area (TPSA) is 54.4 Å². The van der Waals surface area contributed by atoms with Gasteiger partial charge in [0.15, 0.2) is 0 Å². The quantitative estimate of drug-likeness (QED) is 0.0808. The molecule has 0 saturated heterocycles. The van der Waals surface area contributed by atoms with Crippen LogP contribution in [0.4, 0.5) is 0 Å². The van der Waals surface area contributed by atoms with Crippen LogP contribution in [0.5, 0.6) is 0 Å². The van der Waals surface area contributed by atoms with Crippen LogP contribution in [0.25, 0.3) is 0 Å². The summed E-state index contributed by atoms with van der Waals surface area (Å²) in [5.41, 5.74) is 0. The van der Waals surface area contributed by atoms with Crippen LogP contribution < -0.4 is 0 Å². The molecule has 0 aromatic carbocycles. The third kappa shape index (κ3) is 42.9. The van der Waals surface area contributed by atoms with Gasteiger partial charge in [0.25, 0.3) is 0 Å². The maximum absolute atomic E-state index is 10.8. The van der Waals surface area contributed by atoms with Gasteiger partial charge in [-0.1, -0.05) is 126 Å². The van der Waals surface area contributed by atoms with Crippen molar-refractivity contribution in [3.8, 4) is 0 Å². The monoisotopic (exact) mass is 556 g/mol. The molecule has 0 radical (unpaired) electrons. The normalized spacial score (nSPS) is 11.9. The van der Waals surface area contributed by atoms with Crippen LogP contribution in [-0.4, -0.2) is 16.9 Å². The van der Waals surface area contributed by atoms with E-state index in [-0.39, 0.29) is 0 Å².